The molecule has 0 atom stereocenters. The fourth-order valence-corrected chi connectivity index (χ4v) is 2.09. The van der Waals surface area contributed by atoms with E-state index in [-0.39, 0.29) is 0 Å². The highest BCUT2D eigenvalue weighted by Gasteiger charge is 1.95. The summed E-state index contributed by atoms with van der Waals surface area (Å²) in [5.41, 5.74) is 8.09. The van der Waals surface area contributed by atoms with E-state index in [1.54, 1.807) is 0 Å². The molecule has 0 bridgehead atoms. The maximum absolute atomic E-state index is 5.43. The molecule has 12 heavy (non-hydrogen) atoms. The first-order valence-electron chi connectivity index (χ1n) is 4.13. The summed E-state index contributed by atoms with van der Waals surface area (Å²) in [5.74, 6) is 1.00. The Morgan fingerprint density at radius 1 is 1.17 bits per heavy atom. The molecule has 0 heterocycles. The van der Waals surface area contributed by atoms with Gasteiger partial charge in [0.05, 0.1) is 0 Å². The third-order valence-electron chi connectivity index (χ3n) is 1.58. The second-order valence-corrected chi connectivity index (χ2v) is 4.13. The average Bonchev–Trinajstić information content (AvgIpc) is 1.99. The molecular weight excluding hydrogens is 166 g/mol. The van der Waals surface area contributed by atoms with Crippen LogP contribution in [0.1, 0.15) is 11.1 Å². The summed E-state index contributed by atoms with van der Waals surface area (Å²) in [4.78, 5) is 1.33. The van der Waals surface area contributed by atoms with Gasteiger partial charge in [0.25, 0.3) is 0 Å². The second kappa shape index (κ2) is 4.53. The Morgan fingerprint density at radius 2 is 1.75 bits per heavy atom. The molecule has 66 valence electrons. The van der Waals surface area contributed by atoms with Crippen LogP contribution in [0.5, 0.6) is 0 Å². The zero-order chi connectivity index (χ0) is 8.97. The summed E-state index contributed by atoms with van der Waals surface area (Å²) >= 11 is 1.82. The molecule has 0 saturated heterocycles. The lowest BCUT2D eigenvalue weighted by molar-refractivity contribution is 1.15. The van der Waals surface area contributed by atoms with E-state index in [0.717, 1.165) is 12.3 Å². The third-order valence-corrected chi connectivity index (χ3v) is 2.59. The zero-order valence-corrected chi connectivity index (χ0v) is 8.45. The summed E-state index contributed by atoms with van der Waals surface area (Å²) < 4.78 is 0. The Labute approximate surface area is 78.4 Å². The average molecular weight is 181 g/mol. The molecule has 0 spiro atoms. The van der Waals surface area contributed by atoms with Gasteiger partial charge >= 0.3 is 0 Å². The number of benzene rings is 1. The summed E-state index contributed by atoms with van der Waals surface area (Å²) in [6, 6.07) is 6.59. The van der Waals surface area contributed by atoms with Crippen molar-refractivity contribution in [2.24, 2.45) is 5.73 Å². The molecule has 0 radical (unpaired) electrons. The van der Waals surface area contributed by atoms with E-state index in [0.29, 0.717) is 0 Å². The quantitative estimate of drug-likeness (QED) is 0.724. The van der Waals surface area contributed by atoms with Crippen LogP contribution in [0, 0.1) is 13.8 Å². The minimum Gasteiger partial charge on any atom is -0.330 e. The van der Waals surface area contributed by atoms with Crippen molar-refractivity contribution in [1.82, 2.24) is 0 Å². The SMILES string of the molecule is Cc1cc(C)cc(SCCN)c1. The molecule has 0 unspecified atom stereocenters. The number of thioether (sulfide) groups is 1. The predicted octanol–water partition coefficient (Wildman–Crippen LogP) is 2.35. The van der Waals surface area contributed by atoms with Gasteiger partial charge in [0.15, 0.2) is 0 Å². The molecule has 0 aliphatic heterocycles. The second-order valence-electron chi connectivity index (χ2n) is 2.96. The standard InChI is InChI=1S/C10H15NS/c1-8-5-9(2)7-10(6-8)12-4-3-11/h5-7H,3-4,11H2,1-2H3. The first-order chi connectivity index (χ1) is 5.72. The van der Waals surface area contributed by atoms with Gasteiger partial charge in [-0.15, -0.1) is 11.8 Å². The van der Waals surface area contributed by atoms with Crippen molar-refractivity contribution in [2.75, 3.05) is 12.3 Å². The Kier molecular flexibility index (Phi) is 3.63. The third kappa shape index (κ3) is 2.88. The fourth-order valence-electron chi connectivity index (χ4n) is 1.19. The molecule has 1 aromatic rings. The van der Waals surface area contributed by atoms with E-state index in [1.807, 2.05) is 11.8 Å². The lowest BCUT2D eigenvalue weighted by Crippen LogP contribution is -2.00. The van der Waals surface area contributed by atoms with Crippen LogP contribution in [0.25, 0.3) is 0 Å². The largest absolute Gasteiger partial charge is 0.330 e. The molecule has 2 N–H and O–H groups in total. The molecule has 2 heteroatoms. The highest BCUT2D eigenvalue weighted by Crippen LogP contribution is 2.20. The lowest BCUT2D eigenvalue weighted by Gasteiger charge is -2.02. The van der Waals surface area contributed by atoms with E-state index in [1.165, 1.54) is 16.0 Å². The molecule has 0 amide bonds. The highest BCUT2D eigenvalue weighted by atomic mass is 32.2. The molecular formula is C10H15NS. The van der Waals surface area contributed by atoms with Gasteiger partial charge in [0, 0.05) is 17.2 Å². The molecule has 1 nitrogen and oxygen atoms in total. The van der Waals surface area contributed by atoms with Crippen LogP contribution in [0.15, 0.2) is 23.1 Å². The summed E-state index contributed by atoms with van der Waals surface area (Å²) in [7, 11) is 0. The van der Waals surface area contributed by atoms with Crippen LogP contribution in [-0.4, -0.2) is 12.3 Å². The van der Waals surface area contributed by atoms with Crippen LogP contribution in [0.3, 0.4) is 0 Å². The Balaban J connectivity index is 2.72. The van der Waals surface area contributed by atoms with Gasteiger partial charge < -0.3 is 5.73 Å². The van der Waals surface area contributed by atoms with Crippen molar-refractivity contribution >= 4 is 11.8 Å². The molecule has 0 aromatic heterocycles. The number of aryl methyl sites for hydroxylation is 2. The first kappa shape index (κ1) is 9.62. The van der Waals surface area contributed by atoms with Gasteiger partial charge in [0.1, 0.15) is 0 Å². The number of rotatable bonds is 3. The van der Waals surface area contributed by atoms with E-state index in [2.05, 4.69) is 32.0 Å². The maximum atomic E-state index is 5.43. The monoisotopic (exact) mass is 181 g/mol. The van der Waals surface area contributed by atoms with E-state index in [9.17, 15) is 0 Å². The zero-order valence-electron chi connectivity index (χ0n) is 7.63. The van der Waals surface area contributed by atoms with Crippen LogP contribution in [-0.2, 0) is 0 Å². The molecule has 1 aromatic carbocycles. The van der Waals surface area contributed by atoms with Crippen molar-refractivity contribution in [3.63, 3.8) is 0 Å². The maximum Gasteiger partial charge on any atom is 0.0103 e. The van der Waals surface area contributed by atoms with Crippen molar-refractivity contribution < 1.29 is 0 Å². The Hall–Kier alpha value is -0.470. The van der Waals surface area contributed by atoms with Crippen molar-refractivity contribution in [3.8, 4) is 0 Å². The van der Waals surface area contributed by atoms with Gasteiger partial charge in [-0.3, -0.25) is 0 Å². The van der Waals surface area contributed by atoms with Crippen LogP contribution in [0.4, 0.5) is 0 Å². The van der Waals surface area contributed by atoms with E-state index in [4.69, 9.17) is 5.73 Å². The van der Waals surface area contributed by atoms with Gasteiger partial charge in [-0.05, 0) is 37.1 Å². The molecule has 0 saturated carbocycles. The van der Waals surface area contributed by atoms with Crippen molar-refractivity contribution in [1.29, 1.82) is 0 Å². The van der Waals surface area contributed by atoms with Gasteiger partial charge in [-0.25, -0.2) is 0 Å². The number of hydrogen-bond donors (Lipinski definition) is 1. The summed E-state index contributed by atoms with van der Waals surface area (Å²) in [6.07, 6.45) is 0. The van der Waals surface area contributed by atoms with Crippen molar-refractivity contribution in [3.05, 3.63) is 29.3 Å². The molecule has 0 fully saturated rings. The van der Waals surface area contributed by atoms with E-state index < -0.39 is 0 Å². The van der Waals surface area contributed by atoms with Gasteiger partial charge in [-0.2, -0.15) is 0 Å². The lowest BCUT2D eigenvalue weighted by atomic mass is 10.2. The number of nitrogens with two attached hydrogens (primary N) is 1. The Bertz CT molecular complexity index is 238. The van der Waals surface area contributed by atoms with Crippen molar-refractivity contribution in [2.45, 2.75) is 18.7 Å². The minimum atomic E-state index is 0.748. The molecule has 0 aliphatic rings. The van der Waals surface area contributed by atoms with Gasteiger partial charge in [-0.1, -0.05) is 6.07 Å². The van der Waals surface area contributed by atoms with Crippen LogP contribution < -0.4 is 5.73 Å². The van der Waals surface area contributed by atoms with Crippen LogP contribution >= 0.6 is 11.8 Å². The first-order valence-corrected chi connectivity index (χ1v) is 5.12. The topological polar surface area (TPSA) is 26.0 Å². The number of hydrogen-bond acceptors (Lipinski definition) is 2. The van der Waals surface area contributed by atoms with Crippen LogP contribution in [0.2, 0.25) is 0 Å². The smallest absolute Gasteiger partial charge is 0.0103 e. The highest BCUT2D eigenvalue weighted by molar-refractivity contribution is 7.99. The van der Waals surface area contributed by atoms with E-state index >= 15 is 0 Å². The van der Waals surface area contributed by atoms with Gasteiger partial charge in [0.2, 0.25) is 0 Å². The minimum absolute atomic E-state index is 0.748. The predicted molar refractivity (Wildman–Crippen MR) is 55.7 cm³/mol. The Morgan fingerprint density at radius 3 is 2.25 bits per heavy atom. The summed E-state index contributed by atoms with van der Waals surface area (Å²) in [5, 5.41) is 0. The molecule has 0 aliphatic carbocycles. The normalized spacial score (nSPS) is 10.2. The molecule has 1 rings (SSSR count). The fraction of sp³-hybridized carbons (Fsp3) is 0.400. The summed E-state index contributed by atoms with van der Waals surface area (Å²) in [6.45, 7) is 5.00.